The van der Waals surface area contributed by atoms with Gasteiger partial charge in [-0.2, -0.15) is 13.9 Å². The molecule has 1 aromatic carbocycles. The van der Waals surface area contributed by atoms with Crippen LogP contribution in [-0.2, 0) is 6.54 Å². The van der Waals surface area contributed by atoms with Gasteiger partial charge in [0.25, 0.3) is 5.91 Å². The molecule has 2 heterocycles. The predicted molar refractivity (Wildman–Crippen MR) is 82.0 cm³/mol. The van der Waals surface area contributed by atoms with E-state index in [2.05, 4.69) is 20.1 Å². The number of rotatable bonds is 5. The van der Waals surface area contributed by atoms with Crippen molar-refractivity contribution in [3.8, 4) is 5.75 Å². The van der Waals surface area contributed by atoms with E-state index in [1.807, 2.05) is 6.92 Å². The molecule has 0 saturated heterocycles. The summed E-state index contributed by atoms with van der Waals surface area (Å²) in [6, 6.07) is 6.51. The van der Waals surface area contributed by atoms with E-state index in [1.165, 1.54) is 16.8 Å². The SMILES string of the molecule is Cc1ccc(OC(F)F)c(CNC(=O)c2cnn3cccnc23)c1. The van der Waals surface area contributed by atoms with Gasteiger partial charge in [0.1, 0.15) is 11.3 Å². The highest BCUT2D eigenvalue weighted by Crippen LogP contribution is 2.22. The molecule has 1 N–H and O–H groups in total. The van der Waals surface area contributed by atoms with Crippen LogP contribution in [0.5, 0.6) is 5.75 Å². The second kappa shape index (κ2) is 6.61. The monoisotopic (exact) mass is 332 g/mol. The van der Waals surface area contributed by atoms with Gasteiger partial charge in [-0.25, -0.2) is 9.50 Å². The first-order valence-electron chi connectivity index (χ1n) is 7.15. The minimum atomic E-state index is -2.93. The highest BCUT2D eigenvalue weighted by molar-refractivity contribution is 5.99. The molecule has 24 heavy (non-hydrogen) atoms. The number of aromatic nitrogens is 3. The Morgan fingerprint density at radius 3 is 3.04 bits per heavy atom. The van der Waals surface area contributed by atoms with E-state index in [4.69, 9.17) is 0 Å². The molecule has 0 aliphatic rings. The molecule has 0 radical (unpaired) electrons. The summed E-state index contributed by atoms with van der Waals surface area (Å²) in [4.78, 5) is 16.4. The number of amides is 1. The molecule has 0 fully saturated rings. The Kier molecular flexibility index (Phi) is 4.37. The summed E-state index contributed by atoms with van der Waals surface area (Å²) in [6.45, 7) is -1.05. The number of benzene rings is 1. The van der Waals surface area contributed by atoms with Gasteiger partial charge < -0.3 is 10.1 Å². The zero-order valence-electron chi connectivity index (χ0n) is 12.7. The van der Waals surface area contributed by atoms with Crippen molar-refractivity contribution < 1.29 is 18.3 Å². The lowest BCUT2D eigenvalue weighted by Gasteiger charge is -2.12. The molecule has 6 nitrogen and oxygen atoms in total. The van der Waals surface area contributed by atoms with Crippen molar-refractivity contribution in [2.45, 2.75) is 20.1 Å². The zero-order chi connectivity index (χ0) is 17.1. The maximum Gasteiger partial charge on any atom is 0.387 e. The number of fused-ring (bicyclic) bond motifs is 1. The van der Waals surface area contributed by atoms with Crippen LogP contribution in [0, 0.1) is 6.92 Å². The number of carbonyl (C=O) groups excluding carboxylic acids is 1. The van der Waals surface area contributed by atoms with Crippen LogP contribution < -0.4 is 10.1 Å². The van der Waals surface area contributed by atoms with Crippen molar-refractivity contribution in [1.82, 2.24) is 19.9 Å². The topological polar surface area (TPSA) is 68.5 Å². The van der Waals surface area contributed by atoms with Crippen LogP contribution in [0.1, 0.15) is 21.5 Å². The summed E-state index contributed by atoms with van der Waals surface area (Å²) in [5.74, 6) is -0.359. The fourth-order valence-electron chi connectivity index (χ4n) is 2.32. The fourth-order valence-corrected chi connectivity index (χ4v) is 2.32. The Hall–Kier alpha value is -3.03. The van der Waals surface area contributed by atoms with Crippen LogP contribution in [0.4, 0.5) is 8.78 Å². The van der Waals surface area contributed by atoms with Crippen LogP contribution in [0.2, 0.25) is 0 Å². The lowest BCUT2D eigenvalue weighted by Crippen LogP contribution is -2.23. The Morgan fingerprint density at radius 2 is 2.25 bits per heavy atom. The van der Waals surface area contributed by atoms with E-state index in [0.29, 0.717) is 16.8 Å². The molecule has 3 rings (SSSR count). The summed E-state index contributed by atoms with van der Waals surface area (Å²) in [5, 5.41) is 6.71. The first-order chi connectivity index (χ1) is 11.5. The number of nitrogens with one attached hydrogen (secondary N) is 1. The molecular weight excluding hydrogens is 318 g/mol. The fraction of sp³-hybridized carbons (Fsp3) is 0.188. The van der Waals surface area contributed by atoms with Crippen molar-refractivity contribution in [3.05, 3.63) is 59.5 Å². The third-order valence-corrected chi connectivity index (χ3v) is 3.40. The molecule has 0 bridgehead atoms. The van der Waals surface area contributed by atoms with Gasteiger partial charge in [-0.15, -0.1) is 0 Å². The second-order valence-corrected chi connectivity index (χ2v) is 5.12. The van der Waals surface area contributed by atoms with Gasteiger partial charge in [-0.05, 0) is 19.1 Å². The van der Waals surface area contributed by atoms with E-state index in [0.717, 1.165) is 5.56 Å². The summed E-state index contributed by atoms with van der Waals surface area (Å²) in [7, 11) is 0. The molecular formula is C16H14F2N4O2. The number of ether oxygens (including phenoxy) is 1. The highest BCUT2D eigenvalue weighted by Gasteiger charge is 2.15. The molecule has 3 aromatic rings. The van der Waals surface area contributed by atoms with E-state index >= 15 is 0 Å². The Bertz CT molecular complexity index is 879. The number of carbonyl (C=O) groups is 1. The summed E-state index contributed by atoms with van der Waals surface area (Å²) in [5.41, 5.74) is 2.06. The number of aryl methyl sites for hydroxylation is 1. The number of halogens is 2. The van der Waals surface area contributed by atoms with Crippen molar-refractivity contribution in [2.24, 2.45) is 0 Å². The zero-order valence-corrected chi connectivity index (χ0v) is 12.7. The van der Waals surface area contributed by atoms with Crippen LogP contribution in [0.3, 0.4) is 0 Å². The van der Waals surface area contributed by atoms with Crippen molar-refractivity contribution in [3.63, 3.8) is 0 Å². The Labute approximate surface area is 136 Å². The van der Waals surface area contributed by atoms with E-state index < -0.39 is 12.5 Å². The van der Waals surface area contributed by atoms with Gasteiger partial charge in [-0.3, -0.25) is 4.79 Å². The summed E-state index contributed by atoms with van der Waals surface area (Å²) < 4.78 is 30.9. The van der Waals surface area contributed by atoms with Crippen LogP contribution in [0.25, 0.3) is 5.65 Å². The smallest absolute Gasteiger partial charge is 0.387 e. The second-order valence-electron chi connectivity index (χ2n) is 5.12. The van der Waals surface area contributed by atoms with Gasteiger partial charge in [0, 0.05) is 24.5 Å². The Balaban J connectivity index is 1.78. The summed E-state index contributed by atoms with van der Waals surface area (Å²) in [6.07, 6.45) is 4.64. The van der Waals surface area contributed by atoms with Crippen LogP contribution >= 0.6 is 0 Å². The number of alkyl halides is 2. The molecule has 124 valence electrons. The minimum absolute atomic E-state index is 0.0360. The maximum atomic E-state index is 12.5. The van der Waals surface area contributed by atoms with Crippen molar-refractivity contribution in [1.29, 1.82) is 0 Å². The highest BCUT2D eigenvalue weighted by atomic mass is 19.3. The number of nitrogens with zero attached hydrogens (tertiary/aromatic N) is 3. The van der Waals surface area contributed by atoms with E-state index in [1.54, 1.807) is 30.6 Å². The molecule has 0 atom stereocenters. The quantitative estimate of drug-likeness (QED) is 0.780. The Morgan fingerprint density at radius 1 is 1.42 bits per heavy atom. The normalized spacial score (nSPS) is 11.0. The lowest BCUT2D eigenvalue weighted by atomic mass is 10.1. The number of hydrogen-bond acceptors (Lipinski definition) is 4. The first-order valence-corrected chi connectivity index (χ1v) is 7.15. The first kappa shape index (κ1) is 15.9. The minimum Gasteiger partial charge on any atom is -0.434 e. The van der Waals surface area contributed by atoms with Crippen molar-refractivity contribution >= 4 is 11.6 Å². The molecule has 0 spiro atoms. The van der Waals surface area contributed by atoms with Gasteiger partial charge >= 0.3 is 6.61 Å². The molecule has 0 saturated carbocycles. The standard InChI is InChI=1S/C16H14F2N4O2/c1-10-3-4-13(24-16(17)18)11(7-10)8-20-15(23)12-9-21-22-6-2-5-19-14(12)22/h2-7,9,16H,8H2,1H3,(H,20,23). The molecule has 1 amide bonds. The average Bonchev–Trinajstić information content (AvgIpc) is 2.98. The van der Waals surface area contributed by atoms with Gasteiger partial charge in [-0.1, -0.05) is 17.7 Å². The number of hydrogen-bond donors (Lipinski definition) is 1. The lowest BCUT2D eigenvalue weighted by molar-refractivity contribution is -0.0504. The third-order valence-electron chi connectivity index (χ3n) is 3.40. The molecule has 0 aliphatic carbocycles. The largest absolute Gasteiger partial charge is 0.434 e. The molecule has 0 aliphatic heterocycles. The summed E-state index contributed by atoms with van der Waals surface area (Å²) >= 11 is 0. The maximum absolute atomic E-state index is 12.5. The van der Waals surface area contributed by atoms with Crippen LogP contribution in [-0.4, -0.2) is 27.1 Å². The molecule has 8 heteroatoms. The van der Waals surface area contributed by atoms with Crippen LogP contribution in [0.15, 0.2) is 42.9 Å². The van der Waals surface area contributed by atoms with E-state index in [9.17, 15) is 13.6 Å². The molecule has 2 aromatic heterocycles. The van der Waals surface area contributed by atoms with Gasteiger partial charge in [0.05, 0.1) is 6.20 Å². The van der Waals surface area contributed by atoms with Gasteiger partial charge in [0.15, 0.2) is 5.65 Å². The van der Waals surface area contributed by atoms with Crippen molar-refractivity contribution in [2.75, 3.05) is 0 Å². The predicted octanol–water partition coefficient (Wildman–Crippen LogP) is 2.57. The van der Waals surface area contributed by atoms with Gasteiger partial charge in [0.2, 0.25) is 0 Å². The average molecular weight is 332 g/mol. The molecule has 0 unspecified atom stereocenters. The third kappa shape index (κ3) is 3.32. The van der Waals surface area contributed by atoms with E-state index in [-0.39, 0.29) is 12.3 Å².